The van der Waals surface area contributed by atoms with Crippen LogP contribution in [-0.2, 0) is 13.2 Å². The highest BCUT2D eigenvalue weighted by Gasteiger charge is 2.32. The van der Waals surface area contributed by atoms with Crippen LogP contribution < -0.4 is 16.2 Å². The Labute approximate surface area is 227 Å². The molecule has 0 saturated carbocycles. The Morgan fingerprint density at radius 1 is 1.18 bits per heavy atom. The monoisotopic (exact) mass is 573 g/mol. The molecule has 1 N–H and O–H groups in total. The molecule has 2 aromatic carbocycles. The molecule has 2 aromatic rings. The van der Waals surface area contributed by atoms with Crippen molar-refractivity contribution in [2.45, 2.75) is 19.1 Å². The van der Waals surface area contributed by atoms with Crippen LogP contribution in [-0.4, -0.2) is 26.7 Å². The molecule has 2 aliphatic heterocycles. The zero-order valence-electron chi connectivity index (χ0n) is 20.7. The van der Waals surface area contributed by atoms with Gasteiger partial charge in [-0.15, -0.1) is 0 Å². The molecule has 1 unspecified atom stereocenters. The lowest BCUT2D eigenvalue weighted by atomic mass is 10.0. The van der Waals surface area contributed by atoms with Crippen molar-refractivity contribution >= 4 is 23.3 Å². The second-order valence-electron chi connectivity index (χ2n) is 9.16. The lowest BCUT2D eigenvalue weighted by molar-refractivity contribution is -0.137. The van der Waals surface area contributed by atoms with E-state index in [1.165, 1.54) is 12.1 Å². The summed E-state index contributed by atoms with van der Waals surface area (Å²) in [4.78, 5) is 21.5. The highest BCUT2D eigenvalue weighted by atomic mass is 35.5. The van der Waals surface area contributed by atoms with Crippen LogP contribution in [0.4, 0.5) is 22.0 Å². The van der Waals surface area contributed by atoms with Crippen molar-refractivity contribution in [3.63, 3.8) is 0 Å². The minimum absolute atomic E-state index is 0.0903. The fourth-order valence-corrected chi connectivity index (χ4v) is 4.96. The molecule has 1 atom stereocenters. The second kappa shape index (κ2) is 9.60. The molecule has 40 heavy (non-hydrogen) atoms. The number of aliphatic hydroxyl groups excluding tert-OH is 1. The molecular formula is C27H17ClF5N5O2. The number of aliphatic hydroxyl groups is 1. The molecule has 0 radical (unpaired) electrons. The van der Waals surface area contributed by atoms with Gasteiger partial charge in [0, 0.05) is 18.2 Å². The number of nitrogens with zero attached hydrogens (tertiary/aromatic N) is 5. The van der Waals surface area contributed by atoms with E-state index in [1.54, 1.807) is 16.2 Å². The highest BCUT2D eigenvalue weighted by Crippen LogP contribution is 2.31. The number of rotatable bonds is 2. The van der Waals surface area contributed by atoms with Crippen LogP contribution in [0.25, 0.3) is 17.1 Å². The third kappa shape index (κ3) is 4.42. The van der Waals surface area contributed by atoms with Crippen LogP contribution in [0.3, 0.4) is 0 Å². The molecule has 204 valence electrons. The Morgan fingerprint density at radius 3 is 2.58 bits per heavy atom. The van der Waals surface area contributed by atoms with Gasteiger partial charge in [-0.2, -0.15) is 18.4 Å². The highest BCUT2D eigenvalue weighted by molar-refractivity contribution is 6.32. The van der Waals surface area contributed by atoms with E-state index in [0.29, 0.717) is 35.7 Å². The average Bonchev–Trinajstić information content (AvgIpc) is 3.41. The van der Waals surface area contributed by atoms with Crippen LogP contribution in [0.1, 0.15) is 40.0 Å². The maximum absolute atomic E-state index is 14.1. The number of hydrogen-bond acceptors (Lipinski definition) is 4. The van der Waals surface area contributed by atoms with E-state index in [2.05, 4.69) is 9.98 Å². The SMILES string of the molecule is CC1CN=c2n(C)c3c(C#N)/c(=C(\O)c4cc(F)ccc4Cl)c(=NC(=O)c4cc(F)cc(C(F)(F)F)c4)cc-3n21. The van der Waals surface area contributed by atoms with Crippen LogP contribution in [0.15, 0.2) is 52.4 Å². The first-order valence-corrected chi connectivity index (χ1v) is 12.0. The van der Waals surface area contributed by atoms with E-state index in [-0.39, 0.29) is 38.8 Å². The van der Waals surface area contributed by atoms with Crippen molar-refractivity contribution in [2.75, 3.05) is 6.54 Å². The first kappa shape index (κ1) is 27.1. The number of carbonyl (C=O) groups is 1. The van der Waals surface area contributed by atoms with Crippen molar-refractivity contribution in [1.82, 2.24) is 9.13 Å². The molecule has 13 heteroatoms. The van der Waals surface area contributed by atoms with E-state index in [1.807, 2.05) is 13.0 Å². The quantitative estimate of drug-likeness (QED) is 0.360. The van der Waals surface area contributed by atoms with Gasteiger partial charge in [-0.05, 0) is 49.4 Å². The molecular weight excluding hydrogens is 557 g/mol. The van der Waals surface area contributed by atoms with E-state index in [4.69, 9.17) is 11.6 Å². The first-order valence-electron chi connectivity index (χ1n) is 11.7. The van der Waals surface area contributed by atoms with E-state index >= 15 is 0 Å². The molecule has 2 heterocycles. The minimum Gasteiger partial charge on any atom is -0.507 e. The number of amides is 1. The lowest BCUT2D eigenvalue weighted by Gasteiger charge is -2.13. The second-order valence-corrected chi connectivity index (χ2v) is 9.57. The maximum atomic E-state index is 14.1. The Balaban J connectivity index is 1.93. The van der Waals surface area contributed by atoms with Crippen molar-refractivity contribution in [3.05, 3.63) is 97.6 Å². The van der Waals surface area contributed by atoms with Gasteiger partial charge >= 0.3 is 6.18 Å². The average molecular weight is 574 g/mol. The normalized spacial score (nSPS) is 16.1. The number of alkyl halides is 3. The standard InChI is InChI=1S/C27H17ClF5N5O2/c1-12-11-35-26-37(2)23-18(10-34)22(24(39)17-8-15(29)3-4-19(17)28)20(9-21(23)38(12)26)36-25(40)13-5-14(27(31,32)33)7-16(30)6-13/h3-9,12,39H,11H2,1-2H3/b24-22+,36-20?. The molecule has 7 nitrogen and oxygen atoms in total. The summed E-state index contributed by atoms with van der Waals surface area (Å²) >= 11 is 6.20. The van der Waals surface area contributed by atoms with Crippen molar-refractivity contribution in [2.24, 2.45) is 17.0 Å². The van der Waals surface area contributed by atoms with Crippen molar-refractivity contribution in [3.8, 4) is 17.5 Å². The van der Waals surface area contributed by atoms with Crippen molar-refractivity contribution < 1.29 is 31.9 Å². The van der Waals surface area contributed by atoms with Gasteiger partial charge in [0.1, 0.15) is 23.5 Å². The summed E-state index contributed by atoms with van der Waals surface area (Å²) in [7, 11) is 1.64. The summed E-state index contributed by atoms with van der Waals surface area (Å²) in [5.41, 5.74) is -1.33. The predicted molar refractivity (Wildman–Crippen MR) is 133 cm³/mol. The molecule has 0 aromatic heterocycles. The largest absolute Gasteiger partial charge is 0.507 e. The van der Waals surface area contributed by atoms with Gasteiger partial charge in [-0.25, -0.2) is 13.8 Å². The maximum Gasteiger partial charge on any atom is 0.416 e. The van der Waals surface area contributed by atoms with E-state index < -0.39 is 40.6 Å². The first-order chi connectivity index (χ1) is 18.8. The minimum atomic E-state index is -4.93. The predicted octanol–water partition coefficient (Wildman–Crippen LogP) is 4.40. The Morgan fingerprint density at radius 2 is 1.90 bits per heavy atom. The molecule has 0 spiro atoms. The van der Waals surface area contributed by atoms with E-state index in [0.717, 1.165) is 12.1 Å². The number of aromatic nitrogens is 2. The van der Waals surface area contributed by atoms with Gasteiger partial charge in [-0.3, -0.25) is 9.79 Å². The molecule has 1 amide bonds. The fourth-order valence-electron chi connectivity index (χ4n) is 4.75. The summed E-state index contributed by atoms with van der Waals surface area (Å²) in [6.45, 7) is 2.29. The molecule has 3 aliphatic rings. The number of fused-ring (bicyclic) bond motifs is 3. The Bertz CT molecular complexity index is 1930. The van der Waals surface area contributed by atoms with Crippen LogP contribution in [0.5, 0.6) is 0 Å². The van der Waals surface area contributed by atoms with Gasteiger partial charge in [-0.1, -0.05) is 11.6 Å². The van der Waals surface area contributed by atoms with Crippen LogP contribution >= 0.6 is 11.6 Å². The summed E-state index contributed by atoms with van der Waals surface area (Å²) in [5.74, 6) is -4.06. The van der Waals surface area contributed by atoms with Gasteiger partial charge in [0.25, 0.3) is 5.91 Å². The lowest BCUT2D eigenvalue weighted by Crippen LogP contribution is -2.34. The Hall–Kier alpha value is -4.50. The van der Waals surface area contributed by atoms with Gasteiger partial charge < -0.3 is 14.2 Å². The molecule has 0 fully saturated rings. The topological polar surface area (TPSA) is 95.7 Å². The smallest absolute Gasteiger partial charge is 0.416 e. The van der Waals surface area contributed by atoms with Crippen LogP contribution in [0.2, 0.25) is 5.02 Å². The molecule has 0 bridgehead atoms. The Kier molecular flexibility index (Phi) is 6.50. The van der Waals surface area contributed by atoms with Gasteiger partial charge in [0.05, 0.1) is 50.7 Å². The summed E-state index contributed by atoms with van der Waals surface area (Å²) in [5, 5.41) is 20.8. The summed E-state index contributed by atoms with van der Waals surface area (Å²) in [6, 6.07) is 7.59. The van der Waals surface area contributed by atoms with Gasteiger partial charge in [0.2, 0.25) is 5.62 Å². The third-order valence-electron chi connectivity index (χ3n) is 6.53. The third-order valence-corrected chi connectivity index (χ3v) is 6.86. The molecule has 0 saturated heterocycles. The number of imidazole rings is 1. The summed E-state index contributed by atoms with van der Waals surface area (Å²) in [6.07, 6.45) is -4.93. The number of benzene rings is 3. The summed E-state index contributed by atoms with van der Waals surface area (Å²) < 4.78 is 71.3. The zero-order chi connectivity index (χ0) is 29.1. The number of halogens is 6. The fraction of sp³-hybridized carbons (Fsp3) is 0.185. The number of carbonyl (C=O) groups excluding carboxylic acids is 1. The zero-order valence-corrected chi connectivity index (χ0v) is 21.4. The number of hydrogen-bond donors (Lipinski definition) is 1. The van der Waals surface area contributed by atoms with Gasteiger partial charge in [0.15, 0.2) is 0 Å². The number of nitriles is 1. The van der Waals surface area contributed by atoms with Crippen molar-refractivity contribution in [1.29, 1.82) is 5.26 Å². The molecule has 1 aliphatic carbocycles. The van der Waals surface area contributed by atoms with E-state index in [9.17, 15) is 37.1 Å². The molecule has 5 rings (SSSR count). The van der Waals surface area contributed by atoms with Crippen LogP contribution in [0, 0.1) is 23.0 Å².